The van der Waals surface area contributed by atoms with Crippen LogP contribution in [0.2, 0.25) is 0 Å². The Morgan fingerprint density at radius 2 is 2.20 bits per heavy atom. The molecule has 0 amide bonds. The maximum Gasteiger partial charge on any atom is 0.349 e. The number of unbranched alkanes of at least 4 members (excludes halogenated alkanes) is 1. The summed E-state index contributed by atoms with van der Waals surface area (Å²) in [6.07, 6.45) is 4.98. The van der Waals surface area contributed by atoms with Gasteiger partial charge in [0.25, 0.3) is 0 Å². The molecule has 84 valence electrons. The average molecular weight is 209 g/mol. The Morgan fingerprint density at radius 3 is 2.80 bits per heavy atom. The van der Waals surface area contributed by atoms with Gasteiger partial charge in [-0.25, -0.2) is 4.79 Å². The normalized spacial score (nSPS) is 10.3. The van der Waals surface area contributed by atoms with E-state index >= 15 is 0 Å². The molecule has 0 aliphatic rings. The van der Waals surface area contributed by atoms with Gasteiger partial charge in [0.15, 0.2) is 0 Å². The van der Waals surface area contributed by atoms with Gasteiger partial charge in [-0.3, -0.25) is 4.57 Å². The minimum absolute atomic E-state index is 0.168. The first-order chi connectivity index (χ1) is 7.27. The number of anilines is 1. The molecule has 4 heteroatoms. The molecule has 0 aliphatic carbocycles. The van der Waals surface area contributed by atoms with Crippen molar-refractivity contribution in [3.05, 3.63) is 22.7 Å². The number of rotatable bonds is 6. The zero-order valence-electron chi connectivity index (χ0n) is 9.49. The van der Waals surface area contributed by atoms with Crippen molar-refractivity contribution in [2.75, 3.05) is 11.9 Å². The minimum Gasteiger partial charge on any atom is -0.370 e. The van der Waals surface area contributed by atoms with Gasteiger partial charge in [-0.05, 0) is 18.9 Å². The SMILES string of the molecule is CCCCNc1ccn(CCC)c(=O)n1. The summed E-state index contributed by atoms with van der Waals surface area (Å²) in [5.74, 6) is 0.681. The molecule has 1 rings (SSSR count). The highest BCUT2D eigenvalue weighted by Crippen LogP contribution is 1.98. The van der Waals surface area contributed by atoms with Crippen LogP contribution in [-0.2, 0) is 6.54 Å². The van der Waals surface area contributed by atoms with Crippen molar-refractivity contribution in [1.29, 1.82) is 0 Å². The van der Waals surface area contributed by atoms with Gasteiger partial charge in [0, 0.05) is 19.3 Å². The van der Waals surface area contributed by atoms with E-state index in [2.05, 4.69) is 17.2 Å². The number of aromatic nitrogens is 2. The van der Waals surface area contributed by atoms with Crippen LogP contribution in [0.5, 0.6) is 0 Å². The van der Waals surface area contributed by atoms with Crippen LogP contribution in [0.3, 0.4) is 0 Å². The van der Waals surface area contributed by atoms with E-state index in [1.54, 1.807) is 10.8 Å². The third-order valence-corrected chi connectivity index (χ3v) is 2.18. The second-order valence-corrected chi connectivity index (χ2v) is 3.57. The molecule has 1 aromatic rings. The van der Waals surface area contributed by atoms with E-state index in [1.807, 2.05) is 13.0 Å². The molecule has 0 radical (unpaired) electrons. The Labute approximate surface area is 90.3 Å². The lowest BCUT2D eigenvalue weighted by molar-refractivity contribution is 0.636. The van der Waals surface area contributed by atoms with Gasteiger partial charge in [0.2, 0.25) is 0 Å². The van der Waals surface area contributed by atoms with Crippen LogP contribution in [0.25, 0.3) is 0 Å². The second kappa shape index (κ2) is 6.22. The third kappa shape index (κ3) is 3.73. The number of nitrogens with one attached hydrogen (secondary N) is 1. The first-order valence-corrected chi connectivity index (χ1v) is 5.59. The van der Waals surface area contributed by atoms with Crippen molar-refractivity contribution in [3.8, 4) is 0 Å². The van der Waals surface area contributed by atoms with Crippen molar-refractivity contribution in [3.63, 3.8) is 0 Å². The van der Waals surface area contributed by atoms with Gasteiger partial charge in [-0.2, -0.15) is 4.98 Å². The molecule has 0 spiro atoms. The zero-order chi connectivity index (χ0) is 11.1. The molecule has 0 saturated heterocycles. The van der Waals surface area contributed by atoms with Crippen LogP contribution >= 0.6 is 0 Å². The summed E-state index contributed by atoms with van der Waals surface area (Å²) in [6.45, 7) is 5.79. The van der Waals surface area contributed by atoms with Gasteiger partial charge >= 0.3 is 5.69 Å². The van der Waals surface area contributed by atoms with E-state index in [-0.39, 0.29) is 5.69 Å². The summed E-state index contributed by atoms with van der Waals surface area (Å²) in [5.41, 5.74) is -0.168. The lowest BCUT2D eigenvalue weighted by Crippen LogP contribution is -2.23. The second-order valence-electron chi connectivity index (χ2n) is 3.57. The summed E-state index contributed by atoms with van der Waals surface area (Å²) in [7, 11) is 0. The molecule has 1 aromatic heterocycles. The molecular formula is C11H19N3O. The van der Waals surface area contributed by atoms with Crippen LogP contribution in [0.15, 0.2) is 17.1 Å². The molecule has 0 fully saturated rings. The van der Waals surface area contributed by atoms with Gasteiger partial charge < -0.3 is 5.32 Å². The Bertz CT molecular complexity index is 346. The standard InChI is InChI=1S/C11H19N3O/c1-3-5-7-12-10-6-9-14(8-4-2)11(15)13-10/h6,9H,3-5,7-8H2,1-2H3,(H,12,13,15). The van der Waals surface area contributed by atoms with Gasteiger partial charge in [-0.1, -0.05) is 20.3 Å². The smallest absolute Gasteiger partial charge is 0.349 e. The summed E-state index contributed by atoms with van der Waals surface area (Å²) >= 11 is 0. The average Bonchev–Trinajstić information content (AvgIpc) is 2.23. The largest absolute Gasteiger partial charge is 0.370 e. The van der Waals surface area contributed by atoms with E-state index in [1.165, 1.54) is 0 Å². The summed E-state index contributed by atoms with van der Waals surface area (Å²) < 4.78 is 1.63. The van der Waals surface area contributed by atoms with Crippen LogP contribution in [0.4, 0.5) is 5.82 Å². The van der Waals surface area contributed by atoms with Crippen molar-refractivity contribution < 1.29 is 0 Å². The van der Waals surface area contributed by atoms with Crippen LogP contribution in [0.1, 0.15) is 33.1 Å². The quantitative estimate of drug-likeness (QED) is 0.727. The van der Waals surface area contributed by atoms with E-state index in [0.717, 1.165) is 32.4 Å². The lowest BCUT2D eigenvalue weighted by Gasteiger charge is -2.06. The van der Waals surface area contributed by atoms with E-state index < -0.39 is 0 Å². The molecule has 15 heavy (non-hydrogen) atoms. The summed E-state index contributed by atoms with van der Waals surface area (Å²) in [5, 5.41) is 3.13. The predicted molar refractivity (Wildman–Crippen MR) is 62.2 cm³/mol. The number of nitrogens with zero attached hydrogens (tertiary/aromatic N) is 2. The Kier molecular flexibility index (Phi) is 4.87. The van der Waals surface area contributed by atoms with Crippen LogP contribution in [-0.4, -0.2) is 16.1 Å². The molecule has 0 saturated carbocycles. The summed E-state index contributed by atoms with van der Waals surface area (Å²) in [4.78, 5) is 15.4. The van der Waals surface area contributed by atoms with E-state index in [0.29, 0.717) is 5.82 Å². The topological polar surface area (TPSA) is 46.9 Å². The van der Waals surface area contributed by atoms with Crippen molar-refractivity contribution in [1.82, 2.24) is 9.55 Å². The van der Waals surface area contributed by atoms with E-state index in [9.17, 15) is 4.79 Å². The van der Waals surface area contributed by atoms with Crippen LogP contribution < -0.4 is 11.0 Å². The fourth-order valence-electron chi connectivity index (χ4n) is 1.33. The molecule has 1 N–H and O–H groups in total. The maximum atomic E-state index is 11.5. The molecule has 0 unspecified atom stereocenters. The van der Waals surface area contributed by atoms with Gasteiger partial charge in [-0.15, -0.1) is 0 Å². The first-order valence-electron chi connectivity index (χ1n) is 5.59. The number of aryl methyl sites for hydroxylation is 1. The highest BCUT2D eigenvalue weighted by atomic mass is 16.1. The monoisotopic (exact) mass is 209 g/mol. The number of hydrogen-bond donors (Lipinski definition) is 1. The Hall–Kier alpha value is -1.32. The van der Waals surface area contributed by atoms with Crippen molar-refractivity contribution >= 4 is 5.82 Å². The lowest BCUT2D eigenvalue weighted by atomic mass is 10.3. The molecular weight excluding hydrogens is 190 g/mol. The first kappa shape index (κ1) is 11.8. The minimum atomic E-state index is -0.168. The Balaban J connectivity index is 2.61. The fraction of sp³-hybridized carbons (Fsp3) is 0.636. The molecule has 0 bridgehead atoms. The zero-order valence-corrected chi connectivity index (χ0v) is 9.49. The van der Waals surface area contributed by atoms with Gasteiger partial charge in [0.05, 0.1) is 0 Å². The molecule has 1 heterocycles. The van der Waals surface area contributed by atoms with Crippen molar-refractivity contribution in [2.24, 2.45) is 0 Å². The molecule has 0 aromatic carbocycles. The fourth-order valence-corrected chi connectivity index (χ4v) is 1.33. The molecule has 0 aliphatic heterocycles. The maximum absolute atomic E-state index is 11.5. The van der Waals surface area contributed by atoms with Crippen molar-refractivity contribution in [2.45, 2.75) is 39.7 Å². The molecule has 4 nitrogen and oxygen atoms in total. The van der Waals surface area contributed by atoms with Crippen LogP contribution in [0, 0.1) is 0 Å². The summed E-state index contributed by atoms with van der Waals surface area (Å²) in [6, 6.07) is 1.85. The van der Waals surface area contributed by atoms with Gasteiger partial charge in [0.1, 0.15) is 5.82 Å². The Morgan fingerprint density at radius 1 is 1.40 bits per heavy atom. The predicted octanol–water partition coefficient (Wildman–Crippen LogP) is 1.87. The highest BCUT2D eigenvalue weighted by molar-refractivity contribution is 5.31. The molecule has 0 atom stereocenters. The highest BCUT2D eigenvalue weighted by Gasteiger charge is 1.98. The number of hydrogen-bond acceptors (Lipinski definition) is 3. The third-order valence-electron chi connectivity index (χ3n) is 2.18. The van der Waals surface area contributed by atoms with E-state index in [4.69, 9.17) is 0 Å².